The number of carbonyl (C=O) groups excluding carboxylic acids is 2. The molecule has 1 aliphatic rings. The number of hydrogen-bond donors (Lipinski definition) is 5. The number of imidazole rings is 1. The van der Waals surface area contributed by atoms with Crippen LogP contribution >= 0.6 is 0 Å². The number of hydrogen-bond acceptors (Lipinski definition) is 5. The van der Waals surface area contributed by atoms with Crippen LogP contribution in [0.3, 0.4) is 0 Å². The van der Waals surface area contributed by atoms with Crippen LogP contribution in [0.1, 0.15) is 10.5 Å². The molecule has 1 atom stereocenters. The van der Waals surface area contributed by atoms with Crippen molar-refractivity contribution in [2.75, 3.05) is 5.32 Å². The number of aromatic nitrogens is 2. The van der Waals surface area contributed by atoms with E-state index in [1.54, 1.807) is 0 Å². The third-order valence-corrected chi connectivity index (χ3v) is 1.88. The van der Waals surface area contributed by atoms with Crippen molar-refractivity contribution in [3.63, 3.8) is 0 Å². The largest absolute Gasteiger partial charge is 0.365 e. The monoisotopic (exact) mass is 196 g/mol. The predicted octanol–water partition coefficient (Wildman–Crippen LogP) is -2.34. The van der Waals surface area contributed by atoms with Gasteiger partial charge in [0.1, 0.15) is 5.82 Å². The van der Waals surface area contributed by atoms with E-state index < -0.39 is 17.6 Å². The zero-order valence-electron chi connectivity index (χ0n) is 7.00. The lowest BCUT2D eigenvalue weighted by Gasteiger charge is -2.31. The normalized spacial score (nSPS) is 24.8. The van der Waals surface area contributed by atoms with Crippen molar-refractivity contribution in [2.24, 2.45) is 11.5 Å². The van der Waals surface area contributed by atoms with Crippen molar-refractivity contribution in [1.82, 2.24) is 15.3 Å². The van der Waals surface area contributed by atoms with E-state index in [1.807, 2.05) is 0 Å². The van der Waals surface area contributed by atoms with Gasteiger partial charge in [-0.2, -0.15) is 0 Å². The molecule has 0 bridgehead atoms. The molecule has 1 unspecified atom stereocenters. The molecule has 0 aliphatic carbocycles. The molecule has 1 aromatic heterocycles. The quantitative estimate of drug-likeness (QED) is 0.342. The first kappa shape index (κ1) is 8.51. The zero-order chi connectivity index (χ0) is 10.3. The Balaban J connectivity index is 2.43. The second kappa shape index (κ2) is 2.45. The molecule has 2 heterocycles. The van der Waals surface area contributed by atoms with E-state index in [4.69, 9.17) is 11.5 Å². The molecule has 0 spiro atoms. The maximum atomic E-state index is 11.3. The Hall–Kier alpha value is -2.09. The van der Waals surface area contributed by atoms with Gasteiger partial charge in [-0.3, -0.25) is 15.3 Å². The Morgan fingerprint density at radius 1 is 1.50 bits per heavy atom. The second-order valence-corrected chi connectivity index (χ2v) is 2.88. The molecular formula is C6H8N6O2. The summed E-state index contributed by atoms with van der Waals surface area (Å²) in [6.45, 7) is 0. The van der Waals surface area contributed by atoms with Gasteiger partial charge in [-0.25, -0.2) is 4.98 Å². The molecule has 7 N–H and O–H groups in total. The first-order chi connectivity index (χ1) is 6.53. The summed E-state index contributed by atoms with van der Waals surface area (Å²) >= 11 is 0. The van der Waals surface area contributed by atoms with Crippen LogP contribution in [0.5, 0.6) is 0 Å². The highest BCUT2D eigenvalue weighted by Crippen LogP contribution is 2.17. The Labute approximate surface area is 78.1 Å². The van der Waals surface area contributed by atoms with Crippen LogP contribution in [0.15, 0.2) is 6.33 Å². The van der Waals surface area contributed by atoms with E-state index in [2.05, 4.69) is 20.6 Å². The maximum absolute atomic E-state index is 11.3. The summed E-state index contributed by atoms with van der Waals surface area (Å²) in [6, 6.07) is 0. The van der Waals surface area contributed by atoms with Crippen molar-refractivity contribution >= 4 is 17.6 Å². The van der Waals surface area contributed by atoms with Crippen molar-refractivity contribution in [3.05, 3.63) is 12.0 Å². The minimum Gasteiger partial charge on any atom is -0.365 e. The van der Waals surface area contributed by atoms with Gasteiger partial charge in [0.25, 0.3) is 11.8 Å². The number of carbonyl (C=O) groups is 2. The average Bonchev–Trinajstić information content (AvgIpc) is 2.51. The summed E-state index contributed by atoms with van der Waals surface area (Å²) in [5, 5.41) is 4.74. The molecular weight excluding hydrogens is 188 g/mol. The molecule has 8 nitrogen and oxygen atoms in total. The average molecular weight is 196 g/mol. The number of fused-ring (bicyclic) bond motifs is 1. The van der Waals surface area contributed by atoms with E-state index in [-0.39, 0.29) is 11.5 Å². The molecule has 14 heavy (non-hydrogen) atoms. The molecule has 0 fully saturated rings. The van der Waals surface area contributed by atoms with Crippen molar-refractivity contribution in [1.29, 1.82) is 0 Å². The van der Waals surface area contributed by atoms with Gasteiger partial charge in [0.2, 0.25) is 5.79 Å². The number of anilines is 1. The summed E-state index contributed by atoms with van der Waals surface area (Å²) < 4.78 is 0. The highest BCUT2D eigenvalue weighted by atomic mass is 16.2. The number of H-pyrrole nitrogens is 1. The van der Waals surface area contributed by atoms with Crippen LogP contribution in [-0.4, -0.2) is 27.6 Å². The van der Waals surface area contributed by atoms with Crippen LogP contribution in [-0.2, 0) is 4.79 Å². The van der Waals surface area contributed by atoms with Gasteiger partial charge in [-0.1, -0.05) is 0 Å². The lowest BCUT2D eigenvalue weighted by atomic mass is 10.2. The van der Waals surface area contributed by atoms with Crippen LogP contribution in [0.4, 0.5) is 5.82 Å². The van der Waals surface area contributed by atoms with Gasteiger partial charge in [0.05, 0.1) is 6.33 Å². The number of nitrogens with zero attached hydrogens (tertiary/aromatic N) is 1. The number of nitrogens with one attached hydrogen (secondary N) is 3. The highest BCUT2D eigenvalue weighted by Gasteiger charge is 2.40. The van der Waals surface area contributed by atoms with Crippen LogP contribution < -0.4 is 22.1 Å². The number of primary amides is 1. The number of amides is 2. The van der Waals surface area contributed by atoms with E-state index in [0.717, 1.165) is 0 Å². The molecule has 0 aromatic carbocycles. The minimum absolute atomic E-state index is 0.146. The summed E-state index contributed by atoms with van der Waals surface area (Å²) in [6.07, 6.45) is 1.31. The fraction of sp³-hybridized carbons (Fsp3) is 0.167. The number of rotatable bonds is 1. The molecule has 2 rings (SSSR count). The van der Waals surface area contributed by atoms with Crippen molar-refractivity contribution in [3.8, 4) is 0 Å². The van der Waals surface area contributed by atoms with Gasteiger partial charge in [0.15, 0.2) is 5.69 Å². The molecule has 0 radical (unpaired) electrons. The fourth-order valence-electron chi connectivity index (χ4n) is 1.15. The summed E-state index contributed by atoms with van der Waals surface area (Å²) in [4.78, 5) is 28.6. The summed E-state index contributed by atoms with van der Waals surface area (Å²) in [7, 11) is 0. The lowest BCUT2D eigenvalue weighted by molar-refractivity contribution is -0.123. The van der Waals surface area contributed by atoms with Gasteiger partial charge >= 0.3 is 0 Å². The van der Waals surface area contributed by atoms with Crippen LogP contribution in [0.25, 0.3) is 0 Å². The van der Waals surface area contributed by atoms with Gasteiger partial charge in [-0.05, 0) is 0 Å². The maximum Gasteiger partial charge on any atom is 0.280 e. The smallest absolute Gasteiger partial charge is 0.280 e. The fourth-order valence-corrected chi connectivity index (χ4v) is 1.15. The third kappa shape index (κ3) is 1.01. The van der Waals surface area contributed by atoms with Crippen molar-refractivity contribution < 1.29 is 9.59 Å². The Morgan fingerprint density at radius 2 is 2.21 bits per heavy atom. The van der Waals surface area contributed by atoms with E-state index in [0.29, 0.717) is 0 Å². The van der Waals surface area contributed by atoms with Gasteiger partial charge < -0.3 is 21.4 Å². The Morgan fingerprint density at radius 3 is 2.86 bits per heavy atom. The third-order valence-electron chi connectivity index (χ3n) is 1.88. The summed E-state index contributed by atoms with van der Waals surface area (Å²) in [5.41, 5.74) is 10.7. The molecule has 1 aliphatic heterocycles. The number of aromatic amines is 1. The van der Waals surface area contributed by atoms with Crippen LogP contribution in [0, 0.1) is 0 Å². The van der Waals surface area contributed by atoms with E-state index in [9.17, 15) is 9.59 Å². The topological polar surface area (TPSA) is 139 Å². The molecule has 8 heteroatoms. The Kier molecular flexibility index (Phi) is 1.49. The molecule has 0 saturated heterocycles. The van der Waals surface area contributed by atoms with Crippen LogP contribution in [0.2, 0.25) is 0 Å². The number of nitrogens with two attached hydrogens (primary N) is 2. The SMILES string of the molecule is NC(=O)C1(N)NC(=O)c2nc[nH]c2N1. The standard InChI is InChI=1S/C6H8N6O2/c7-5(14)6(8)11-3-2(4(13)12-6)9-1-10-3/h1,11H,8H2,(H2,7,14)(H,9,10)(H,12,13). The van der Waals surface area contributed by atoms with Gasteiger partial charge in [-0.15, -0.1) is 0 Å². The first-order valence-electron chi connectivity index (χ1n) is 3.76. The zero-order valence-corrected chi connectivity index (χ0v) is 7.00. The van der Waals surface area contributed by atoms with E-state index in [1.165, 1.54) is 6.33 Å². The molecule has 1 aromatic rings. The molecule has 0 saturated carbocycles. The van der Waals surface area contributed by atoms with Crippen molar-refractivity contribution in [2.45, 2.75) is 5.79 Å². The summed E-state index contributed by atoms with van der Waals surface area (Å²) in [5.74, 6) is -2.93. The molecule has 74 valence electrons. The first-order valence-corrected chi connectivity index (χ1v) is 3.76. The lowest BCUT2D eigenvalue weighted by Crippen LogP contribution is -2.71. The minimum atomic E-state index is -1.77. The molecule has 2 amide bonds. The highest BCUT2D eigenvalue weighted by molar-refractivity contribution is 6.04. The second-order valence-electron chi connectivity index (χ2n) is 2.88. The Bertz CT molecular complexity index is 412. The van der Waals surface area contributed by atoms with Gasteiger partial charge in [0, 0.05) is 0 Å². The van der Waals surface area contributed by atoms with E-state index >= 15 is 0 Å². The predicted molar refractivity (Wildman–Crippen MR) is 45.8 cm³/mol.